The Morgan fingerprint density at radius 1 is 1.09 bits per heavy atom. The van der Waals surface area contributed by atoms with Crippen LogP contribution < -0.4 is 5.32 Å². The Hall–Kier alpha value is -0.826. The summed E-state index contributed by atoms with van der Waals surface area (Å²) in [4.78, 5) is 25.6. The molecule has 0 radical (unpaired) electrons. The number of carbonyl (C=O) groups excluding carboxylic acids is 2. The van der Waals surface area contributed by atoms with Crippen LogP contribution in [0.3, 0.4) is 0 Å². The van der Waals surface area contributed by atoms with Crippen LogP contribution in [0.15, 0.2) is 0 Å². The highest BCUT2D eigenvalue weighted by molar-refractivity contribution is 6.74. The van der Waals surface area contributed by atoms with Gasteiger partial charge >= 0.3 is 6.03 Å². The molecular formula is C22H44N2O7Si2. The zero-order valence-electron chi connectivity index (χ0n) is 22.1. The Morgan fingerprint density at radius 3 is 2.09 bits per heavy atom. The van der Waals surface area contributed by atoms with Crippen LogP contribution in [0.4, 0.5) is 4.79 Å². The van der Waals surface area contributed by atoms with Crippen molar-refractivity contribution in [2.75, 3.05) is 6.61 Å². The number of amides is 3. The third kappa shape index (κ3) is 5.71. The lowest BCUT2D eigenvalue weighted by molar-refractivity contribution is -0.193. The first-order valence-electron chi connectivity index (χ1n) is 11.6. The van der Waals surface area contributed by atoms with Gasteiger partial charge in [-0.3, -0.25) is 15.0 Å². The van der Waals surface area contributed by atoms with Crippen LogP contribution in [0, 0.1) is 0 Å². The average Bonchev–Trinajstić information content (AvgIpc) is 2.98. The SMILES string of the molecule is CC(C)(C)[Si](C)(C)OC[C@H]1O[C@@H](N2C(=O)NC(=O)[C@](C)(O)[C@@H]2O)C[C@@H]1O[Si](C)(C)C(C)(C)C. The van der Waals surface area contributed by atoms with Crippen molar-refractivity contribution in [2.45, 2.75) is 121 Å². The minimum absolute atomic E-state index is 0.0167. The zero-order valence-corrected chi connectivity index (χ0v) is 24.1. The lowest BCUT2D eigenvalue weighted by Crippen LogP contribution is -2.70. The molecule has 2 saturated heterocycles. The maximum Gasteiger partial charge on any atom is 0.328 e. The second kappa shape index (κ2) is 8.99. The van der Waals surface area contributed by atoms with E-state index >= 15 is 0 Å². The predicted molar refractivity (Wildman–Crippen MR) is 131 cm³/mol. The second-order valence-electron chi connectivity index (χ2n) is 12.5. The van der Waals surface area contributed by atoms with Crippen molar-refractivity contribution in [3.63, 3.8) is 0 Å². The lowest BCUT2D eigenvalue weighted by atomic mass is 10.00. The highest BCUT2D eigenvalue weighted by atomic mass is 28.4. The van der Waals surface area contributed by atoms with Crippen LogP contribution in [0.25, 0.3) is 0 Å². The minimum atomic E-state index is -2.18. The number of aliphatic hydroxyl groups is 2. The minimum Gasteiger partial charge on any atom is -0.414 e. The molecule has 2 aliphatic heterocycles. The molecule has 0 spiro atoms. The van der Waals surface area contributed by atoms with Gasteiger partial charge in [0.15, 0.2) is 28.5 Å². The smallest absolute Gasteiger partial charge is 0.328 e. The molecule has 0 unspecified atom stereocenters. The van der Waals surface area contributed by atoms with E-state index in [1.54, 1.807) is 0 Å². The first-order valence-corrected chi connectivity index (χ1v) is 17.4. The summed E-state index contributed by atoms with van der Waals surface area (Å²) in [6.07, 6.45) is -3.13. The molecule has 0 aromatic heterocycles. The molecular weight excluding hydrogens is 460 g/mol. The topological polar surface area (TPSA) is 118 Å². The van der Waals surface area contributed by atoms with Gasteiger partial charge in [-0.2, -0.15) is 0 Å². The molecule has 3 amide bonds. The monoisotopic (exact) mass is 504 g/mol. The van der Waals surface area contributed by atoms with Crippen molar-refractivity contribution in [3.8, 4) is 0 Å². The number of carbonyl (C=O) groups is 2. The summed E-state index contributed by atoms with van der Waals surface area (Å²) in [5.41, 5.74) is -2.15. The molecule has 3 N–H and O–H groups in total. The standard InChI is InChI=1S/C22H44N2O7Si2/c1-20(2,3)32(8,9)29-13-15-14(31-33(10,11)21(4,5)6)12-16(30-15)24-18(26)22(7,28)17(25)23-19(24)27/h14-16,18,26,28H,12-13H2,1-11H3,(H,23,25,27)/t14-,15+,16+,18-,22-/m0/s1. The molecule has 2 rings (SSSR count). The number of urea groups is 1. The van der Waals surface area contributed by atoms with Crippen molar-refractivity contribution < 1.29 is 33.4 Å². The van der Waals surface area contributed by atoms with Gasteiger partial charge in [0.05, 0.1) is 12.7 Å². The molecule has 0 aromatic rings. The number of nitrogens with zero attached hydrogens (tertiary/aromatic N) is 1. The number of imide groups is 1. The van der Waals surface area contributed by atoms with Crippen molar-refractivity contribution in [1.29, 1.82) is 0 Å². The number of nitrogens with one attached hydrogen (secondary N) is 1. The third-order valence-corrected chi connectivity index (χ3v) is 16.8. The second-order valence-corrected chi connectivity index (χ2v) is 22.1. The lowest BCUT2D eigenvalue weighted by Gasteiger charge is -2.42. The van der Waals surface area contributed by atoms with Gasteiger partial charge in [-0.25, -0.2) is 4.79 Å². The quantitative estimate of drug-likeness (QED) is 0.476. The fourth-order valence-electron chi connectivity index (χ4n) is 3.28. The molecule has 5 atom stereocenters. The maximum atomic E-state index is 12.6. The summed E-state index contributed by atoms with van der Waals surface area (Å²) in [6, 6.07) is -0.805. The Bertz CT molecular complexity index is 759. The van der Waals surface area contributed by atoms with E-state index in [-0.39, 0.29) is 16.2 Å². The highest BCUT2D eigenvalue weighted by Crippen LogP contribution is 2.42. The van der Waals surface area contributed by atoms with Crippen molar-refractivity contribution >= 4 is 28.6 Å². The molecule has 192 valence electrons. The van der Waals surface area contributed by atoms with Gasteiger partial charge in [0, 0.05) is 6.42 Å². The normalized spacial score (nSPS) is 32.3. The maximum absolute atomic E-state index is 12.6. The fraction of sp³-hybridized carbons (Fsp3) is 0.909. The Labute approximate surface area is 200 Å². The number of hydrogen-bond donors (Lipinski definition) is 3. The molecule has 2 heterocycles. The third-order valence-electron chi connectivity index (χ3n) is 7.84. The van der Waals surface area contributed by atoms with E-state index in [0.29, 0.717) is 13.0 Å². The van der Waals surface area contributed by atoms with Gasteiger partial charge < -0.3 is 23.8 Å². The van der Waals surface area contributed by atoms with Crippen molar-refractivity contribution in [3.05, 3.63) is 0 Å². The summed E-state index contributed by atoms with van der Waals surface area (Å²) >= 11 is 0. The summed E-state index contributed by atoms with van der Waals surface area (Å²) in [5.74, 6) is -0.943. The van der Waals surface area contributed by atoms with Gasteiger partial charge in [-0.1, -0.05) is 41.5 Å². The molecule has 2 fully saturated rings. The first-order chi connectivity index (χ1) is 14.6. The summed E-state index contributed by atoms with van der Waals surface area (Å²) < 4.78 is 19.3. The van der Waals surface area contributed by atoms with Crippen LogP contribution >= 0.6 is 0 Å². The fourth-order valence-corrected chi connectivity index (χ4v) is 5.66. The van der Waals surface area contributed by atoms with E-state index < -0.39 is 52.7 Å². The molecule has 0 saturated carbocycles. The van der Waals surface area contributed by atoms with E-state index in [0.717, 1.165) is 4.90 Å². The molecule has 33 heavy (non-hydrogen) atoms. The molecule has 0 aliphatic carbocycles. The summed E-state index contributed by atoms with van der Waals surface area (Å²) in [7, 11) is -4.25. The van der Waals surface area contributed by atoms with Gasteiger partial charge in [-0.15, -0.1) is 0 Å². The van der Waals surface area contributed by atoms with Crippen LogP contribution in [0.2, 0.25) is 36.3 Å². The number of aliphatic hydroxyl groups excluding tert-OH is 1. The van der Waals surface area contributed by atoms with Crippen LogP contribution in [0.1, 0.15) is 54.9 Å². The van der Waals surface area contributed by atoms with E-state index in [9.17, 15) is 19.8 Å². The molecule has 0 bridgehead atoms. The summed E-state index contributed by atoms with van der Waals surface area (Å²) in [5, 5.41) is 23.2. The van der Waals surface area contributed by atoms with E-state index in [4.69, 9.17) is 13.6 Å². The van der Waals surface area contributed by atoms with Gasteiger partial charge in [0.25, 0.3) is 5.91 Å². The van der Waals surface area contributed by atoms with Gasteiger partial charge in [0.1, 0.15) is 12.3 Å². The summed E-state index contributed by atoms with van der Waals surface area (Å²) in [6.45, 7) is 23.0. The Balaban J connectivity index is 2.30. The molecule has 11 heteroatoms. The number of hydrogen-bond acceptors (Lipinski definition) is 7. The highest BCUT2D eigenvalue weighted by Gasteiger charge is 2.55. The van der Waals surface area contributed by atoms with Crippen molar-refractivity contribution in [1.82, 2.24) is 10.2 Å². The van der Waals surface area contributed by atoms with Crippen LogP contribution in [-0.2, 0) is 18.4 Å². The number of ether oxygens (including phenoxy) is 1. The largest absolute Gasteiger partial charge is 0.414 e. The van der Waals surface area contributed by atoms with Crippen LogP contribution in [-0.4, -0.2) is 80.6 Å². The molecule has 0 aromatic carbocycles. The average molecular weight is 505 g/mol. The zero-order chi connectivity index (χ0) is 25.8. The van der Waals surface area contributed by atoms with Gasteiger partial charge in [0.2, 0.25) is 0 Å². The van der Waals surface area contributed by atoms with Crippen molar-refractivity contribution in [2.24, 2.45) is 0 Å². The molecule has 9 nitrogen and oxygen atoms in total. The Kier molecular flexibility index (Phi) is 7.74. The number of rotatable bonds is 6. The van der Waals surface area contributed by atoms with E-state index in [1.165, 1.54) is 6.92 Å². The van der Waals surface area contributed by atoms with Gasteiger partial charge in [-0.05, 0) is 43.2 Å². The predicted octanol–water partition coefficient (Wildman–Crippen LogP) is 3.13. The van der Waals surface area contributed by atoms with Crippen LogP contribution in [0.5, 0.6) is 0 Å². The molecule has 2 aliphatic rings. The van der Waals surface area contributed by atoms with E-state index in [1.807, 2.05) is 0 Å². The van der Waals surface area contributed by atoms with E-state index in [2.05, 4.69) is 73.0 Å². The first kappa shape index (κ1) is 28.4. The Morgan fingerprint density at radius 2 is 1.61 bits per heavy atom.